The molecule has 0 bridgehead atoms. The highest BCUT2D eigenvalue weighted by atomic mass is 31.2. The van der Waals surface area contributed by atoms with E-state index in [4.69, 9.17) is 9.05 Å². The molecule has 5 heteroatoms. The van der Waals surface area contributed by atoms with E-state index in [2.05, 4.69) is 40.7 Å². The summed E-state index contributed by atoms with van der Waals surface area (Å²) in [7, 11) is -3.11. The van der Waals surface area contributed by atoms with Crippen molar-refractivity contribution in [3.05, 3.63) is 23.3 Å². The standard InChI is InChI=1S/C27H43O4P/c1-7-18(3)17-30-32(6,29)31-25-16-24-21-10-9-19-15-20(28)11-13-26(19,4)23(21)12-14-27(24,5)22(25)8-2/h8,15,18,21,23-25H,7,9-14,16-17H2,1-6H3/b22-8+. The van der Waals surface area contributed by atoms with Crippen molar-refractivity contribution in [3.8, 4) is 0 Å². The van der Waals surface area contributed by atoms with Gasteiger partial charge in [0.25, 0.3) is 0 Å². The second-order valence-electron chi connectivity index (χ2n) is 11.6. The Hall–Kier alpha value is -0.700. The van der Waals surface area contributed by atoms with Crippen molar-refractivity contribution in [1.29, 1.82) is 0 Å². The Kier molecular flexibility index (Phi) is 6.73. The molecule has 0 aromatic rings. The van der Waals surface area contributed by atoms with Gasteiger partial charge < -0.3 is 9.05 Å². The smallest absolute Gasteiger partial charge is 0.308 e. The van der Waals surface area contributed by atoms with E-state index < -0.39 is 7.60 Å². The van der Waals surface area contributed by atoms with Crippen LogP contribution in [0.25, 0.3) is 0 Å². The Labute approximate surface area is 195 Å². The molecular formula is C27H43O4P. The van der Waals surface area contributed by atoms with E-state index >= 15 is 0 Å². The summed E-state index contributed by atoms with van der Waals surface area (Å²) < 4.78 is 25.3. The van der Waals surface area contributed by atoms with E-state index in [0.717, 1.165) is 38.5 Å². The molecule has 0 N–H and O–H groups in total. The first kappa shape index (κ1) is 24.4. The number of carbonyl (C=O) groups excluding carboxylic acids is 1. The van der Waals surface area contributed by atoms with Crippen molar-refractivity contribution >= 4 is 13.4 Å². The molecule has 0 aromatic heterocycles. The molecule has 4 nitrogen and oxygen atoms in total. The zero-order valence-electron chi connectivity index (χ0n) is 21.0. The number of hydrogen-bond acceptors (Lipinski definition) is 4. The van der Waals surface area contributed by atoms with Crippen molar-refractivity contribution < 1.29 is 18.4 Å². The minimum Gasteiger partial charge on any atom is -0.308 e. The third-order valence-electron chi connectivity index (χ3n) is 9.75. The predicted molar refractivity (Wildman–Crippen MR) is 130 cm³/mol. The highest BCUT2D eigenvalue weighted by Crippen LogP contribution is 2.67. The van der Waals surface area contributed by atoms with Gasteiger partial charge in [0, 0.05) is 13.1 Å². The molecule has 3 saturated carbocycles. The molecule has 4 aliphatic carbocycles. The summed E-state index contributed by atoms with van der Waals surface area (Å²) >= 11 is 0. The van der Waals surface area contributed by atoms with Crippen LogP contribution < -0.4 is 0 Å². The van der Waals surface area contributed by atoms with Crippen molar-refractivity contribution in [2.75, 3.05) is 13.3 Å². The van der Waals surface area contributed by atoms with Crippen molar-refractivity contribution in [3.63, 3.8) is 0 Å². The van der Waals surface area contributed by atoms with Crippen LogP contribution in [0.3, 0.4) is 0 Å². The summed E-state index contributed by atoms with van der Waals surface area (Å²) in [6, 6.07) is 0. The minimum absolute atomic E-state index is 0.110. The van der Waals surface area contributed by atoms with E-state index in [-0.39, 0.29) is 16.9 Å². The fourth-order valence-corrected chi connectivity index (χ4v) is 8.90. The molecule has 32 heavy (non-hydrogen) atoms. The second-order valence-corrected chi connectivity index (χ2v) is 13.6. The Bertz CT molecular complexity index is 860. The van der Waals surface area contributed by atoms with Gasteiger partial charge in [0.15, 0.2) is 5.78 Å². The van der Waals surface area contributed by atoms with Gasteiger partial charge in [-0.1, -0.05) is 45.8 Å². The van der Waals surface area contributed by atoms with Crippen molar-refractivity contribution in [2.45, 2.75) is 92.1 Å². The predicted octanol–water partition coefficient (Wildman–Crippen LogP) is 7.35. The van der Waals surface area contributed by atoms with E-state index in [1.807, 2.05) is 6.08 Å². The van der Waals surface area contributed by atoms with Crippen LogP contribution in [0, 0.1) is 34.5 Å². The molecule has 4 aliphatic rings. The third kappa shape index (κ3) is 4.14. The van der Waals surface area contributed by atoms with Gasteiger partial charge in [-0.2, -0.15) is 0 Å². The maximum atomic E-state index is 13.2. The number of ketones is 1. The number of rotatable bonds is 6. The topological polar surface area (TPSA) is 52.6 Å². The van der Waals surface area contributed by atoms with Crippen LogP contribution in [0.1, 0.15) is 86.0 Å². The Balaban J connectivity index is 1.55. The number of carbonyl (C=O) groups is 1. The molecule has 8 atom stereocenters. The zero-order chi connectivity index (χ0) is 23.3. The van der Waals surface area contributed by atoms with Gasteiger partial charge >= 0.3 is 7.60 Å². The Morgan fingerprint density at radius 3 is 2.62 bits per heavy atom. The van der Waals surface area contributed by atoms with Gasteiger partial charge in [0.1, 0.15) is 0 Å². The fraction of sp³-hybridized carbons (Fsp3) is 0.815. The summed E-state index contributed by atoms with van der Waals surface area (Å²) in [5, 5.41) is 0. The Morgan fingerprint density at radius 1 is 1.19 bits per heavy atom. The summed E-state index contributed by atoms with van der Waals surface area (Å²) in [5.41, 5.74) is 3.03. The quantitative estimate of drug-likeness (QED) is 0.306. The van der Waals surface area contributed by atoms with Crippen LogP contribution in [0.2, 0.25) is 0 Å². The normalized spacial score (nSPS) is 43.1. The van der Waals surface area contributed by atoms with Gasteiger partial charge in [-0.25, -0.2) is 0 Å². The molecule has 8 unspecified atom stereocenters. The average Bonchev–Trinajstić information content (AvgIpc) is 3.02. The van der Waals surface area contributed by atoms with Gasteiger partial charge in [-0.15, -0.1) is 0 Å². The highest BCUT2D eigenvalue weighted by molar-refractivity contribution is 7.53. The van der Waals surface area contributed by atoms with Crippen molar-refractivity contribution in [1.82, 2.24) is 0 Å². The van der Waals surface area contributed by atoms with E-state index in [9.17, 15) is 9.36 Å². The lowest BCUT2D eigenvalue weighted by atomic mass is 9.47. The lowest BCUT2D eigenvalue weighted by molar-refractivity contribution is -0.117. The van der Waals surface area contributed by atoms with E-state index in [1.165, 1.54) is 17.6 Å². The maximum Gasteiger partial charge on any atom is 0.328 e. The minimum atomic E-state index is -3.11. The van der Waals surface area contributed by atoms with E-state index in [0.29, 0.717) is 42.5 Å². The molecule has 0 saturated heterocycles. The molecule has 4 rings (SSSR count). The van der Waals surface area contributed by atoms with Gasteiger partial charge in [0.2, 0.25) is 0 Å². The van der Waals surface area contributed by atoms with Gasteiger partial charge in [-0.3, -0.25) is 9.36 Å². The van der Waals surface area contributed by atoms with Crippen LogP contribution >= 0.6 is 7.60 Å². The van der Waals surface area contributed by atoms with Gasteiger partial charge in [-0.05, 0) is 91.6 Å². The third-order valence-corrected chi connectivity index (χ3v) is 11.0. The first-order valence-electron chi connectivity index (χ1n) is 12.8. The molecule has 3 fully saturated rings. The molecule has 0 radical (unpaired) electrons. The summed E-state index contributed by atoms with van der Waals surface area (Å²) in [6.45, 7) is 13.3. The van der Waals surface area contributed by atoms with Crippen LogP contribution in [0.15, 0.2) is 23.3 Å². The number of fused-ring (bicyclic) bond motifs is 5. The van der Waals surface area contributed by atoms with Gasteiger partial charge in [0.05, 0.1) is 12.7 Å². The molecule has 0 amide bonds. The number of hydrogen-bond donors (Lipinski definition) is 0. The van der Waals surface area contributed by atoms with Crippen LogP contribution in [-0.2, 0) is 18.4 Å². The average molecular weight is 463 g/mol. The fourth-order valence-electron chi connectivity index (χ4n) is 7.66. The highest BCUT2D eigenvalue weighted by Gasteiger charge is 2.60. The number of allylic oxidation sites excluding steroid dienone is 2. The monoisotopic (exact) mass is 462 g/mol. The molecular weight excluding hydrogens is 419 g/mol. The second kappa shape index (κ2) is 8.82. The lowest BCUT2D eigenvalue weighted by Gasteiger charge is -2.57. The summed E-state index contributed by atoms with van der Waals surface area (Å²) in [5.74, 6) is 2.52. The zero-order valence-corrected chi connectivity index (χ0v) is 21.9. The summed E-state index contributed by atoms with van der Waals surface area (Å²) in [6.07, 6.45) is 12.3. The molecule has 0 aromatic carbocycles. The molecule has 0 spiro atoms. The largest absolute Gasteiger partial charge is 0.328 e. The first-order chi connectivity index (χ1) is 15.0. The molecule has 0 aliphatic heterocycles. The maximum absolute atomic E-state index is 13.2. The lowest BCUT2D eigenvalue weighted by Crippen LogP contribution is -2.49. The molecule has 180 valence electrons. The van der Waals surface area contributed by atoms with Crippen LogP contribution in [0.5, 0.6) is 0 Å². The van der Waals surface area contributed by atoms with Crippen LogP contribution in [-0.4, -0.2) is 25.2 Å². The van der Waals surface area contributed by atoms with E-state index in [1.54, 1.807) is 6.66 Å². The first-order valence-corrected chi connectivity index (χ1v) is 14.8. The molecule has 0 heterocycles. The van der Waals surface area contributed by atoms with Crippen LogP contribution in [0.4, 0.5) is 0 Å². The Morgan fingerprint density at radius 2 is 1.94 bits per heavy atom. The van der Waals surface area contributed by atoms with Crippen molar-refractivity contribution in [2.24, 2.45) is 34.5 Å². The summed E-state index contributed by atoms with van der Waals surface area (Å²) in [4.78, 5) is 12.1. The SMILES string of the molecule is C/C=C1\C(OP(C)(=O)OCC(C)CC)CC2C3CCC4=CC(=O)CCC4(C)C3CCC12C.